The van der Waals surface area contributed by atoms with E-state index in [-0.39, 0.29) is 0 Å². The molecular formula is C12H8Cl2OS2. The van der Waals surface area contributed by atoms with Gasteiger partial charge in [0.2, 0.25) is 0 Å². The molecule has 0 amide bonds. The fourth-order valence-corrected chi connectivity index (χ4v) is 4.67. The molecule has 2 rings (SSSR count). The lowest BCUT2D eigenvalue weighted by Crippen LogP contribution is -1.87. The van der Waals surface area contributed by atoms with Gasteiger partial charge >= 0.3 is 0 Å². The second-order valence-corrected chi connectivity index (χ2v) is 6.92. The molecule has 2 aromatic carbocycles. The molecule has 0 aliphatic heterocycles. The van der Waals surface area contributed by atoms with Crippen molar-refractivity contribution in [2.45, 2.75) is 9.79 Å². The normalized spacial score (nSPS) is 12.4. The minimum Gasteiger partial charge on any atom is -0.242 e. The quantitative estimate of drug-likeness (QED) is 0.757. The Kier molecular flexibility index (Phi) is 4.51. The van der Waals surface area contributed by atoms with Crippen LogP contribution in [0, 0.1) is 0 Å². The molecule has 2 aromatic rings. The molecule has 17 heavy (non-hydrogen) atoms. The highest BCUT2D eigenvalue weighted by Gasteiger charge is 2.11. The second kappa shape index (κ2) is 5.91. The maximum absolute atomic E-state index is 12.1. The Morgan fingerprint density at radius 3 is 2.12 bits per heavy atom. The fraction of sp³-hybridized carbons (Fsp3) is 0. The van der Waals surface area contributed by atoms with E-state index in [0.717, 1.165) is 4.90 Å². The third-order valence-electron chi connectivity index (χ3n) is 2.02. The summed E-state index contributed by atoms with van der Waals surface area (Å²) in [6, 6.07) is 14.4. The van der Waals surface area contributed by atoms with Gasteiger partial charge in [0.1, 0.15) is 9.83 Å². The summed E-state index contributed by atoms with van der Waals surface area (Å²) in [5, 5.41) is 1.10. The van der Waals surface area contributed by atoms with Crippen LogP contribution in [0.15, 0.2) is 58.3 Å². The van der Waals surface area contributed by atoms with Crippen molar-refractivity contribution in [1.82, 2.24) is 0 Å². The van der Waals surface area contributed by atoms with Crippen molar-refractivity contribution in [2.75, 3.05) is 0 Å². The molecule has 0 saturated carbocycles. The third kappa shape index (κ3) is 3.26. The first-order valence-electron chi connectivity index (χ1n) is 4.77. The summed E-state index contributed by atoms with van der Waals surface area (Å²) in [6.07, 6.45) is 0. The predicted molar refractivity (Wildman–Crippen MR) is 75.2 cm³/mol. The van der Waals surface area contributed by atoms with Crippen molar-refractivity contribution in [3.8, 4) is 0 Å². The zero-order valence-electron chi connectivity index (χ0n) is 8.60. The smallest absolute Gasteiger partial charge is 0.119 e. The molecule has 0 bridgehead atoms. The minimum atomic E-state index is -1.26. The lowest BCUT2D eigenvalue weighted by atomic mass is 10.4. The van der Waals surface area contributed by atoms with E-state index in [0.29, 0.717) is 14.9 Å². The first-order chi connectivity index (χ1) is 8.18. The summed E-state index contributed by atoms with van der Waals surface area (Å²) < 4.78 is 12.1. The molecule has 88 valence electrons. The standard InChI is InChI=1S/C12H8Cl2OS2/c13-9-5-1-3-7-11(9)16-17(15)12-8-4-2-6-10(12)14/h1-8H. The zero-order valence-corrected chi connectivity index (χ0v) is 11.7. The Morgan fingerprint density at radius 1 is 0.882 bits per heavy atom. The van der Waals surface area contributed by atoms with E-state index >= 15 is 0 Å². The van der Waals surface area contributed by atoms with Crippen LogP contribution >= 0.6 is 34.0 Å². The molecule has 0 heterocycles. The number of benzene rings is 2. The van der Waals surface area contributed by atoms with E-state index in [1.165, 1.54) is 10.8 Å². The highest BCUT2D eigenvalue weighted by atomic mass is 35.5. The predicted octanol–water partition coefficient (Wildman–Crippen LogP) is 4.81. The second-order valence-electron chi connectivity index (χ2n) is 3.18. The molecule has 0 aliphatic rings. The Morgan fingerprint density at radius 2 is 1.47 bits per heavy atom. The third-order valence-corrected chi connectivity index (χ3v) is 5.84. The van der Waals surface area contributed by atoms with Crippen LogP contribution in [0.1, 0.15) is 0 Å². The summed E-state index contributed by atoms with van der Waals surface area (Å²) in [7, 11) is -0.0627. The van der Waals surface area contributed by atoms with Crippen LogP contribution in [0.5, 0.6) is 0 Å². The van der Waals surface area contributed by atoms with Gasteiger partial charge in [-0.25, -0.2) is 4.21 Å². The number of hydrogen-bond donors (Lipinski definition) is 0. The topological polar surface area (TPSA) is 17.1 Å². The van der Waals surface area contributed by atoms with E-state index in [2.05, 4.69) is 0 Å². The molecule has 0 saturated heterocycles. The average Bonchev–Trinajstić information content (AvgIpc) is 2.32. The molecule has 1 unspecified atom stereocenters. The molecule has 0 aromatic heterocycles. The maximum atomic E-state index is 12.1. The number of halogens is 2. The van der Waals surface area contributed by atoms with Gasteiger partial charge in [0.05, 0.1) is 14.9 Å². The molecular weight excluding hydrogens is 295 g/mol. The van der Waals surface area contributed by atoms with Crippen molar-refractivity contribution in [3.63, 3.8) is 0 Å². The van der Waals surface area contributed by atoms with Gasteiger partial charge in [0.15, 0.2) is 0 Å². The molecule has 1 atom stereocenters. The largest absolute Gasteiger partial charge is 0.242 e. The summed E-state index contributed by atoms with van der Waals surface area (Å²) in [6.45, 7) is 0. The fourth-order valence-electron chi connectivity index (χ4n) is 1.22. The molecule has 0 N–H and O–H groups in total. The van der Waals surface area contributed by atoms with Crippen molar-refractivity contribution in [2.24, 2.45) is 0 Å². The first-order valence-corrected chi connectivity index (χ1v) is 8.01. The van der Waals surface area contributed by atoms with Gasteiger partial charge < -0.3 is 0 Å². The Labute approximate surface area is 116 Å². The van der Waals surface area contributed by atoms with Gasteiger partial charge in [-0.2, -0.15) is 0 Å². The maximum Gasteiger partial charge on any atom is 0.119 e. The van der Waals surface area contributed by atoms with E-state index < -0.39 is 9.83 Å². The van der Waals surface area contributed by atoms with Crippen molar-refractivity contribution >= 4 is 43.8 Å². The lowest BCUT2D eigenvalue weighted by molar-refractivity contribution is 0.691. The van der Waals surface area contributed by atoms with E-state index in [4.69, 9.17) is 23.2 Å². The van der Waals surface area contributed by atoms with Gasteiger partial charge in [0, 0.05) is 4.90 Å². The Bertz CT molecular complexity index is 558. The van der Waals surface area contributed by atoms with E-state index in [9.17, 15) is 4.21 Å². The van der Waals surface area contributed by atoms with Crippen LogP contribution in [0.2, 0.25) is 10.0 Å². The van der Waals surface area contributed by atoms with Crippen LogP contribution in [0.25, 0.3) is 0 Å². The SMILES string of the molecule is O=S(Sc1ccccc1Cl)c1ccccc1Cl. The van der Waals surface area contributed by atoms with Gasteiger partial charge in [-0.3, -0.25) is 0 Å². The van der Waals surface area contributed by atoms with Gasteiger partial charge in [-0.1, -0.05) is 47.5 Å². The summed E-state index contributed by atoms with van der Waals surface area (Å²) >= 11 is 12.0. The van der Waals surface area contributed by atoms with Gasteiger partial charge in [0.25, 0.3) is 0 Å². The summed E-state index contributed by atoms with van der Waals surface area (Å²) in [4.78, 5) is 1.39. The van der Waals surface area contributed by atoms with Crippen molar-refractivity contribution < 1.29 is 4.21 Å². The van der Waals surface area contributed by atoms with E-state index in [1.54, 1.807) is 18.2 Å². The van der Waals surface area contributed by atoms with Crippen LogP contribution in [-0.2, 0) is 9.83 Å². The molecule has 5 heteroatoms. The number of hydrogen-bond acceptors (Lipinski definition) is 2. The molecule has 0 fully saturated rings. The minimum absolute atomic E-state index is 0.505. The van der Waals surface area contributed by atoms with Gasteiger partial charge in [-0.15, -0.1) is 0 Å². The highest BCUT2D eigenvalue weighted by molar-refractivity contribution is 8.69. The monoisotopic (exact) mass is 302 g/mol. The molecule has 0 radical (unpaired) electrons. The molecule has 0 spiro atoms. The number of rotatable bonds is 3. The average molecular weight is 303 g/mol. The zero-order chi connectivity index (χ0) is 12.3. The molecule has 1 nitrogen and oxygen atoms in total. The Balaban J connectivity index is 2.24. The van der Waals surface area contributed by atoms with Crippen LogP contribution < -0.4 is 0 Å². The van der Waals surface area contributed by atoms with Crippen molar-refractivity contribution in [3.05, 3.63) is 58.6 Å². The first kappa shape index (κ1) is 13.0. The van der Waals surface area contributed by atoms with Crippen LogP contribution in [0.3, 0.4) is 0 Å². The lowest BCUT2D eigenvalue weighted by Gasteiger charge is -2.04. The molecule has 0 aliphatic carbocycles. The summed E-state index contributed by atoms with van der Waals surface area (Å²) in [5.41, 5.74) is 0. The Hall–Kier alpha value is -0.480. The van der Waals surface area contributed by atoms with Crippen LogP contribution in [-0.4, -0.2) is 4.21 Å². The van der Waals surface area contributed by atoms with Crippen LogP contribution in [0.4, 0.5) is 0 Å². The van der Waals surface area contributed by atoms with Gasteiger partial charge in [-0.05, 0) is 35.1 Å². The van der Waals surface area contributed by atoms with E-state index in [1.807, 2.05) is 30.3 Å². The van der Waals surface area contributed by atoms with Crippen molar-refractivity contribution in [1.29, 1.82) is 0 Å². The summed E-state index contributed by atoms with van der Waals surface area (Å²) in [5.74, 6) is 0. The highest BCUT2D eigenvalue weighted by Crippen LogP contribution is 2.34.